The number of carbonyl (C=O) groups is 1. The number of fused-ring (bicyclic) bond motifs is 1. The van der Waals surface area contributed by atoms with Crippen molar-refractivity contribution in [3.05, 3.63) is 63.3 Å². The maximum absolute atomic E-state index is 15.0. The highest BCUT2D eigenvalue weighted by atomic mass is 35.5. The summed E-state index contributed by atoms with van der Waals surface area (Å²) in [6.07, 6.45) is 0.470. The number of benzene rings is 1. The van der Waals surface area contributed by atoms with Crippen molar-refractivity contribution in [2.45, 2.75) is 19.9 Å². The fourth-order valence-electron chi connectivity index (χ4n) is 3.82. The van der Waals surface area contributed by atoms with Crippen molar-refractivity contribution in [1.82, 2.24) is 25.3 Å². The summed E-state index contributed by atoms with van der Waals surface area (Å²) in [5, 5.41) is 0. The second-order valence-electron chi connectivity index (χ2n) is 7.54. The number of nitrogen functional groups attached to an aromatic ring is 1. The van der Waals surface area contributed by atoms with Gasteiger partial charge in [-0.15, -0.1) is 24.8 Å². The molecule has 4 N–H and O–H groups in total. The van der Waals surface area contributed by atoms with Crippen LogP contribution in [0.4, 0.5) is 14.5 Å². The molecule has 1 fully saturated rings. The zero-order valence-corrected chi connectivity index (χ0v) is 19.9. The zero-order valence-electron chi connectivity index (χ0n) is 18.3. The van der Waals surface area contributed by atoms with E-state index in [-0.39, 0.29) is 41.6 Å². The first-order valence-corrected chi connectivity index (χ1v) is 10.3. The van der Waals surface area contributed by atoms with Gasteiger partial charge in [-0.25, -0.2) is 20.2 Å². The van der Waals surface area contributed by atoms with E-state index >= 15 is 4.39 Å². The van der Waals surface area contributed by atoms with Crippen LogP contribution in [-0.4, -0.2) is 51.9 Å². The number of nitrogens with two attached hydrogens (primary N) is 1. The lowest BCUT2D eigenvalue weighted by Crippen LogP contribution is -2.46. The molecular formula is C21H25Cl2F2N7O2. The summed E-state index contributed by atoms with van der Waals surface area (Å²) in [7, 11) is 0. The van der Waals surface area contributed by atoms with Crippen LogP contribution in [-0.2, 0) is 13.0 Å². The molecule has 9 nitrogen and oxygen atoms in total. The van der Waals surface area contributed by atoms with Gasteiger partial charge in [0.05, 0.1) is 11.2 Å². The molecule has 1 aliphatic heterocycles. The van der Waals surface area contributed by atoms with Gasteiger partial charge in [-0.05, 0) is 24.6 Å². The Morgan fingerprint density at radius 2 is 1.82 bits per heavy atom. The van der Waals surface area contributed by atoms with Crippen molar-refractivity contribution >= 4 is 47.4 Å². The average Bonchev–Trinajstić information content (AvgIpc) is 2.81. The number of pyridine rings is 1. The molecule has 3 aromatic rings. The monoisotopic (exact) mass is 515 g/mol. The third-order valence-corrected chi connectivity index (χ3v) is 5.59. The van der Waals surface area contributed by atoms with E-state index < -0.39 is 17.7 Å². The highest BCUT2D eigenvalue weighted by molar-refractivity contribution is 5.92. The molecular weight excluding hydrogens is 491 g/mol. The number of nitrogens with one attached hydrogen (secondary N) is 2. The fourth-order valence-corrected chi connectivity index (χ4v) is 3.82. The predicted molar refractivity (Wildman–Crippen MR) is 130 cm³/mol. The molecule has 1 amide bonds. The summed E-state index contributed by atoms with van der Waals surface area (Å²) in [6, 6.07) is 6.30. The molecule has 1 aliphatic rings. The van der Waals surface area contributed by atoms with E-state index in [1.54, 1.807) is 12.1 Å². The minimum absolute atomic E-state index is 0. The highest BCUT2D eigenvalue weighted by Gasteiger charge is 2.22. The number of carbonyl (C=O) groups excluding carboxylic acids is 1. The Morgan fingerprint density at radius 3 is 2.44 bits per heavy atom. The maximum Gasteiger partial charge on any atom is 0.283 e. The fraction of sp³-hybridized carbons (Fsp3) is 0.333. The lowest BCUT2D eigenvalue weighted by molar-refractivity contribution is 0.0947. The number of hydrogen-bond donors (Lipinski definition) is 3. The third-order valence-electron chi connectivity index (χ3n) is 5.59. The molecule has 4 rings (SSSR count). The van der Waals surface area contributed by atoms with Gasteiger partial charge in [-0.3, -0.25) is 19.9 Å². The third kappa shape index (κ3) is 5.44. The van der Waals surface area contributed by atoms with E-state index in [0.717, 1.165) is 0 Å². The number of hydrazine groups is 1. The van der Waals surface area contributed by atoms with Crippen LogP contribution in [0.15, 0.2) is 29.1 Å². The number of H-pyrrole nitrogens is 1. The summed E-state index contributed by atoms with van der Waals surface area (Å²) in [5.74, 6) is 3.15. The summed E-state index contributed by atoms with van der Waals surface area (Å²) in [6.45, 7) is 4.34. The quantitative estimate of drug-likeness (QED) is 0.205. The van der Waals surface area contributed by atoms with Crippen molar-refractivity contribution in [2.24, 2.45) is 5.84 Å². The van der Waals surface area contributed by atoms with Gasteiger partial charge in [0, 0.05) is 38.3 Å². The smallest absolute Gasteiger partial charge is 0.283 e. The first kappa shape index (κ1) is 27.4. The molecule has 0 unspecified atom stereocenters. The lowest BCUT2D eigenvalue weighted by atomic mass is 10.1. The highest BCUT2D eigenvalue weighted by Crippen LogP contribution is 2.22. The number of aromatic nitrogens is 3. The first-order valence-electron chi connectivity index (χ1n) is 10.3. The van der Waals surface area contributed by atoms with Gasteiger partial charge in [0.1, 0.15) is 16.9 Å². The van der Waals surface area contributed by atoms with Crippen LogP contribution in [0, 0.1) is 11.8 Å². The van der Waals surface area contributed by atoms with Crippen molar-refractivity contribution in [2.75, 3.05) is 31.1 Å². The number of anilines is 1. The predicted octanol–water partition coefficient (Wildman–Crippen LogP) is 1.93. The number of halogens is 4. The Balaban J connectivity index is 0.00000204. The molecule has 0 spiro atoms. The number of piperazine rings is 1. The second kappa shape index (κ2) is 11.5. The van der Waals surface area contributed by atoms with Gasteiger partial charge in [0.15, 0.2) is 5.82 Å². The average molecular weight is 516 g/mol. The van der Waals surface area contributed by atoms with Crippen molar-refractivity contribution in [3.8, 4) is 0 Å². The summed E-state index contributed by atoms with van der Waals surface area (Å²) < 4.78 is 29.4. The number of nitrogens with zero attached hydrogens (tertiary/aromatic N) is 4. The van der Waals surface area contributed by atoms with Gasteiger partial charge in [-0.1, -0.05) is 13.0 Å². The van der Waals surface area contributed by atoms with Gasteiger partial charge < -0.3 is 9.88 Å². The van der Waals surface area contributed by atoms with E-state index in [1.165, 1.54) is 12.1 Å². The molecule has 1 saturated heterocycles. The maximum atomic E-state index is 15.0. The van der Waals surface area contributed by atoms with Crippen LogP contribution < -0.4 is 21.7 Å². The van der Waals surface area contributed by atoms with Crippen LogP contribution in [0.3, 0.4) is 0 Å². The lowest BCUT2D eigenvalue weighted by Gasteiger charge is -2.36. The molecule has 0 saturated carbocycles. The van der Waals surface area contributed by atoms with E-state index in [4.69, 9.17) is 5.84 Å². The van der Waals surface area contributed by atoms with E-state index in [1.807, 2.05) is 22.1 Å². The van der Waals surface area contributed by atoms with E-state index in [9.17, 15) is 14.0 Å². The topological polar surface area (TPSA) is 120 Å². The largest absolute Gasteiger partial charge is 0.365 e. The molecule has 1 aromatic carbocycles. The Hall–Kier alpha value is -2.86. The van der Waals surface area contributed by atoms with Crippen LogP contribution >= 0.6 is 24.8 Å². The molecule has 0 aliphatic carbocycles. The van der Waals surface area contributed by atoms with Gasteiger partial charge >= 0.3 is 0 Å². The first-order chi connectivity index (χ1) is 15.4. The minimum atomic E-state index is -0.747. The number of aromatic amines is 1. The van der Waals surface area contributed by atoms with Crippen molar-refractivity contribution < 1.29 is 13.6 Å². The van der Waals surface area contributed by atoms with E-state index in [0.29, 0.717) is 61.6 Å². The standard InChI is InChI=1S/C21H23F2N7O2.2ClH/c1-2-13-20(31)27-18-14(25-13)4-3-12(17(18)22)11-29-7-9-30(10-8-29)16-6-5-15(21(32)28-24)26-19(16)23;;/h3-6H,2,7-11,24H2,1H3,(H,27,31)(H,28,32);2*1H. The number of aryl methyl sites for hydroxylation is 1. The molecule has 13 heteroatoms. The van der Waals surface area contributed by atoms with Crippen LogP contribution in [0.25, 0.3) is 11.0 Å². The van der Waals surface area contributed by atoms with E-state index in [2.05, 4.69) is 15.0 Å². The molecule has 0 atom stereocenters. The second-order valence-corrected chi connectivity index (χ2v) is 7.54. The number of amides is 1. The van der Waals surface area contributed by atoms with Gasteiger partial charge in [0.25, 0.3) is 11.5 Å². The molecule has 34 heavy (non-hydrogen) atoms. The molecule has 0 bridgehead atoms. The van der Waals surface area contributed by atoms with Crippen LogP contribution in [0.1, 0.15) is 28.7 Å². The van der Waals surface area contributed by atoms with Crippen molar-refractivity contribution in [1.29, 1.82) is 0 Å². The van der Waals surface area contributed by atoms with Crippen LogP contribution in [0.2, 0.25) is 0 Å². The minimum Gasteiger partial charge on any atom is -0.365 e. The summed E-state index contributed by atoms with van der Waals surface area (Å²) in [5.41, 5.74) is 3.09. The summed E-state index contributed by atoms with van der Waals surface area (Å²) >= 11 is 0. The molecule has 184 valence electrons. The Bertz CT molecular complexity index is 1230. The van der Waals surface area contributed by atoms with Gasteiger partial charge in [0.2, 0.25) is 5.95 Å². The Labute approximate surface area is 206 Å². The van der Waals surface area contributed by atoms with Gasteiger partial charge in [-0.2, -0.15) is 4.39 Å². The Morgan fingerprint density at radius 1 is 1.12 bits per heavy atom. The zero-order chi connectivity index (χ0) is 22.8. The van der Waals surface area contributed by atoms with Crippen molar-refractivity contribution in [3.63, 3.8) is 0 Å². The number of hydrogen-bond acceptors (Lipinski definition) is 7. The SMILES string of the molecule is CCc1nc2ccc(CN3CCN(c4ccc(C(=O)NN)nc4F)CC3)c(F)c2[nH]c1=O.Cl.Cl. The number of rotatable bonds is 5. The normalized spacial score (nSPS) is 13.8. The Kier molecular flexibility index (Phi) is 9.28. The molecule has 0 radical (unpaired) electrons. The van der Waals surface area contributed by atoms with Crippen LogP contribution in [0.5, 0.6) is 0 Å². The molecule has 3 heterocycles. The summed E-state index contributed by atoms with van der Waals surface area (Å²) in [4.78, 5) is 37.9. The molecule has 2 aromatic heterocycles.